The van der Waals surface area contributed by atoms with Crippen LogP contribution < -0.4 is 10.2 Å². The van der Waals surface area contributed by atoms with Gasteiger partial charge in [-0.25, -0.2) is 4.98 Å². The van der Waals surface area contributed by atoms with Gasteiger partial charge in [0, 0.05) is 41.8 Å². The van der Waals surface area contributed by atoms with E-state index in [9.17, 15) is 0 Å². The molecule has 1 aliphatic heterocycles. The fourth-order valence-electron chi connectivity index (χ4n) is 3.66. The molecular formula is C19H21ClN6. The van der Waals surface area contributed by atoms with Gasteiger partial charge < -0.3 is 10.2 Å². The zero-order chi connectivity index (χ0) is 17.5. The van der Waals surface area contributed by atoms with Gasteiger partial charge in [-0.05, 0) is 61.9 Å². The van der Waals surface area contributed by atoms with Crippen molar-refractivity contribution in [3.8, 4) is 0 Å². The average molecular weight is 369 g/mol. The summed E-state index contributed by atoms with van der Waals surface area (Å²) in [5.41, 5.74) is 3.24. The van der Waals surface area contributed by atoms with E-state index < -0.39 is 0 Å². The van der Waals surface area contributed by atoms with Gasteiger partial charge in [0.2, 0.25) is 5.28 Å². The molecule has 2 fully saturated rings. The predicted molar refractivity (Wildman–Crippen MR) is 104 cm³/mol. The van der Waals surface area contributed by atoms with Gasteiger partial charge >= 0.3 is 0 Å². The molecule has 0 bridgehead atoms. The van der Waals surface area contributed by atoms with Crippen molar-refractivity contribution in [3.63, 3.8) is 0 Å². The second-order valence-corrected chi connectivity index (χ2v) is 7.54. The number of piperidine rings is 1. The number of nitrogens with one attached hydrogen (secondary N) is 2. The molecule has 5 rings (SSSR count). The van der Waals surface area contributed by atoms with Crippen LogP contribution in [0.3, 0.4) is 0 Å². The normalized spacial score (nSPS) is 17.7. The predicted octanol–water partition coefficient (Wildman–Crippen LogP) is 4.62. The molecule has 2 N–H and O–H groups in total. The number of aromatic amines is 1. The van der Waals surface area contributed by atoms with Gasteiger partial charge in [-0.15, -0.1) is 0 Å². The minimum absolute atomic E-state index is 0.240. The molecule has 1 saturated carbocycles. The van der Waals surface area contributed by atoms with Crippen molar-refractivity contribution in [2.75, 3.05) is 23.3 Å². The van der Waals surface area contributed by atoms with Gasteiger partial charge in [0.1, 0.15) is 5.82 Å². The zero-order valence-electron chi connectivity index (χ0n) is 14.5. The van der Waals surface area contributed by atoms with Gasteiger partial charge in [-0.2, -0.15) is 10.1 Å². The molecule has 0 radical (unpaired) electrons. The first-order valence-electron chi connectivity index (χ1n) is 9.31. The summed E-state index contributed by atoms with van der Waals surface area (Å²) in [5.74, 6) is 2.11. The average Bonchev–Trinajstić information content (AvgIpc) is 3.41. The molecule has 7 heteroatoms. The van der Waals surface area contributed by atoms with E-state index in [1.54, 1.807) is 0 Å². The van der Waals surface area contributed by atoms with Crippen molar-refractivity contribution in [1.29, 1.82) is 0 Å². The number of hydrogen-bond donors (Lipinski definition) is 2. The summed E-state index contributed by atoms with van der Waals surface area (Å²) in [6.45, 7) is 2.21. The summed E-state index contributed by atoms with van der Waals surface area (Å²) in [7, 11) is 0. The number of anilines is 3. The molecule has 1 aromatic carbocycles. The van der Waals surface area contributed by atoms with Crippen LogP contribution in [-0.2, 0) is 0 Å². The topological polar surface area (TPSA) is 69.7 Å². The lowest BCUT2D eigenvalue weighted by molar-refractivity contribution is 0.578. The lowest BCUT2D eigenvalue weighted by atomic mass is 10.1. The van der Waals surface area contributed by atoms with E-state index in [0.29, 0.717) is 11.7 Å². The Kier molecular flexibility index (Phi) is 3.93. The number of rotatable bonds is 4. The SMILES string of the molecule is Clc1nc(Nc2cc(C3CC3)[nH]n2)c2cc(N3CCCCC3)ccc2n1. The van der Waals surface area contributed by atoms with Crippen molar-refractivity contribution in [3.05, 3.63) is 35.2 Å². The summed E-state index contributed by atoms with van der Waals surface area (Å²) < 4.78 is 0. The molecule has 3 heterocycles. The number of nitrogens with zero attached hydrogens (tertiary/aromatic N) is 4. The third-order valence-electron chi connectivity index (χ3n) is 5.23. The fraction of sp³-hybridized carbons (Fsp3) is 0.421. The Morgan fingerprint density at radius 2 is 1.92 bits per heavy atom. The molecule has 2 aliphatic rings. The molecule has 1 aliphatic carbocycles. The van der Waals surface area contributed by atoms with Crippen molar-refractivity contribution in [2.45, 2.75) is 38.0 Å². The maximum absolute atomic E-state index is 6.14. The first kappa shape index (κ1) is 15.9. The van der Waals surface area contributed by atoms with Crippen molar-refractivity contribution in [1.82, 2.24) is 20.2 Å². The molecule has 134 valence electrons. The van der Waals surface area contributed by atoms with Crippen molar-refractivity contribution in [2.24, 2.45) is 0 Å². The monoisotopic (exact) mass is 368 g/mol. The van der Waals surface area contributed by atoms with E-state index in [-0.39, 0.29) is 5.28 Å². The van der Waals surface area contributed by atoms with Crippen LogP contribution in [0.2, 0.25) is 5.28 Å². The molecule has 0 unspecified atom stereocenters. The number of benzene rings is 1. The Labute approximate surface area is 157 Å². The van der Waals surface area contributed by atoms with Gasteiger partial charge in [-0.3, -0.25) is 5.10 Å². The number of hydrogen-bond acceptors (Lipinski definition) is 5. The maximum Gasteiger partial charge on any atom is 0.224 e. The number of fused-ring (bicyclic) bond motifs is 1. The fourth-order valence-corrected chi connectivity index (χ4v) is 3.83. The van der Waals surface area contributed by atoms with Crippen LogP contribution in [0.4, 0.5) is 17.3 Å². The second-order valence-electron chi connectivity index (χ2n) is 7.20. The molecule has 3 aromatic rings. The number of halogens is 1. The smallest absolute Gasteiger partial charge is 0.224 e. The third-order valence-corrected chi connectivity index (χ3v) is 5.40. The Morgan fingerprint density at radius 1 is 1.08 bits per heavy atom. The molecule has 1 saturated heterocycles. The van der Waals surface area contributed by atoms with Crippen molar-refractivity contribution < 1.29 is 0 Å². The van der Waals surface area contributed by atoms with Crippen LogP contribution in [0.15, 0.2) is 24.3 Å². The minimum Gasteiger partial charge on any atom is -0.372 e. The highest BCUT2D eigenvalue weighted by Crippen LogP contribution is 2.40. The molecule has 0 spiro atoms. The van der Waals surface area contributed by atoms with Gasteiger partial charge in [0.15, 0.2) is 5.82 Å². The van der Waals surface area contributed by atoms with Crippen LogP contribution in [0.25, 0.3) is 10.9 Å². The van der Waals surface area contributed by atoms with Crippen LogP contribution in [0, 0.1) is 0 Å². The van der Waals surface area contributed by atoms with Gasteiger partial charge in [-0.1, -0.05) is 0 Å². The van der Waals surface area contributed by atoms with E-state index >= 15 is 0 Å². The van der Waals surface area contributed by atoms with Crippen LogP contribution in [0.1, 0.15) is 43.7 Å². The minimum atomic E-state index is 0.240. The van der Waals surface area contributed by atoms with Crippen LogP contribution >= 0.6 is 11.6 Å². The summed E-state index contributed by atoms with van der Waals surface area (Å²) in [4.78, 5) is 11.2. The first-order valence-corrected chi connectivity index (χ1v) is 9.69. The summed E-state index contributed by atoms with van der Waals surface area (Å²) in [5, 5.41) is 12.0. The summed E-state index contributed by atoms with van der Waals surface area (Å²) in [6, 6.07) is 8.38. The van der Waals surface area contributed by atoms with Gasteiger partial charge in [0.25, 0.3) is 0 Å². The highest BCUT2D eigenvalue weighted by Gasteiger charge is 2.25. The van der Waals surface area contributed by atoms with E-state index in [0.717, 1.165) is 29.8 Å². The first-order chi connectivity index (χ1) is 12.8. The second kappa shape index (κ2) is 6.43. The van der Waals surface area contributed by atoms with E-state index in [4.69, 9.17) is 11.6 Å². The zero-order valence-corrected chi connectivity index (χ0v) is 15.3. The number of aromatic nitrogens is 4. The Morgan fingerprint density at radius 3 is 2.73 bits per heavy atom. The molecule has 2 aromatic heterocycles. The summed E-state index contributed by atoms with van der Waals surface area (Å²) >= 11 is 6.14. The maximum atomic E-state index is 6.14. The lowest BCUT2D eigenvalue weighted by Crippen LogP contribution is -2.29. The Hall–Kier alpha value is -2.34. The summed E-state index contributed by atoms with van der Waals surface area (Å²) in [6.07, 6.45) is 6.29. The molecule has 26 heavy (non-hydrogen) atoms. The van der Waals surface area contributed by atoms with Crippen LogP contribution in [-0.4, -0.2) is 33.3 Å². The number of H-pyrrole nitrogens is 1. The lowest BCUT2D eigenvalue weighted by Gasteiger charge is -2.29. The Bertz CT molecular complexity index is 942. The third kappa shape index (κ3) is 3.09. The Balaban J connectivity index is 1.51. The van der Waals surface area contributed by atoms with E-state index in [1.165, 1.54) is 43.5 Å². The largest absolute Gasteiger partial charge is 0.372 e. The van der Waals surface area contributed by atoms with Gasteiger partial charge in [0.05, 0.1) is 5.52 Å². The van der Waals surface area contributed by atoms with E-state index in [2.05, 4.69) is 48.6 Å². The molecule has 0 atom stereocenters. The van der Waals surface area contributed by atoms with Crippen molar-refractivity contribution >= 4 is 39.8 Å². The quantitative estimate of drug-likeness (QED) is 0.657. The highest BCUT2D eigenvalue weighted by molar-refractivity contribution is 6.28. The van der Waals surface area contributed by atoms with E-state index in [1.807, 2.05) is 6.07 Å². The molecule has 6 nitrogen and oxygen atoms in total. The van der Waals surface area contributed by atoms with Crippen LogP contribution in [0.5, 0.6) is 0 Å². The molecular weight excluding hydrogens is 348 g/mol. The standard InChI is InChI=1S/C19H21ClN6/c20-19-21-15-7-6-13(26-8-2-1-3-9-26)10-14(15)18(23-19)22-17-11-16(24-25-17)12-4-5-12/h6-7,10-12H,1-5,8-9H2,(H2,21,22,23,24,25). The molecule has 0 amide bonds. The highest BCUT2D eigenvalue weighted by atomic mass is 35.5.